The first kappa shape index (κ1) is 16.0. The van der Waals surface area contributed by atoms with Crippen LogP contribution in [0.1, 0.15) is 21.9 Å². The first-order valence-electron chi connectivity index (χ1n) is 7.43. The van der Waals surface area contributed by atoms with Gasteiger partial charge in [0.2, 0.25) is 5.91 Å². The molecule has 3 aromatic heterocycles. The van der Waals surface area contributed by atoms with Crippen LogP contribution in [0, 0.1) is 13.8 Å². The van der Waals surface area contributed by atoms with E-state index >= 15 is 0 Å². The van der Waals surface area contributed by atoms with Crippen molar-refractivity contribution in [1.82, 2.24) is 10.5 Å². The molecule has 1 amide bonds. The number of nitrogens with one attached hydrogen (secondary N) is 1. The van der Waals surface area contributed by atoms with Crippen LogP contribution in [-0.4, -0.2) is 17.6 Å². The van der Waals surface area contributed by atoms with Crippen molar-refractivity contribution in [2.45, 2.75) is 26.7 Å². The predicted molar refractivity (Wildman–Crippen MR) is 94.0 cm³/mol. The van der Waals surface area contributed by atoms with Crippen molar-refractivity contribution >= 4 is 28.6 Å². The Morgan fingerprint density at radius 1 is 1.30 bits per heavy atom. The van der Waals surface area contributed by atoms with Crippen LogP contribution in [0.15, 0.2) is 33.5 Å². The number of carbonyl (C=O) groups excluding carboxylic acids is 1. The van der Waals surface area contributed by atoms with Crippen molar-refractivity contribution in [1.29, 1.82) is 0 Å². The lowest BCUT2D eigenvalue weighted by Gasteiger charge is -2.04. The molecule has 0 radical (unpaired) electrons. The average Bonchev–Trinajstić information content (AvgIpc) is 3.25. The van der Waals surface area contributed by atoms with E-state index in [9.17, 15) is 4.79 Å². The van der Waals surface area contributed by atoms with E-state index in [-0.39, 0.29) is 5.91 Å². The first-order chi connectivity index (χ1) is 11.1. The highest BCUT2D eigenvalue weighted by Gasteiger charge is 2.13. The molecule has 4 nitrogen and oxygen atoms in total. The molecular weight excluding hydrogens is 328 g/mol. The van der Waals surface area contributed by atoms with Crippen LogP contribution in [0.4, 0.5) is 0 Å². The van der Waals surface area contributed by atoms with Gasteiger partial charge in [-0.05, 0) is 49.2 Å². The molecule has 0 atom stereocenters. The Balaban J connectivity index is 1.49. The van der Waals surface area contributed by atoms with Gasteiger partial charge in [0.05, 0.1) is 12.1 Å². The van der Waals surface area contributed by atoms with Gasteiger partial charge < -0.3 is 9.84 Å². The Labute approximate surface area is 143 Å². The molecule has 0 spiro atoms. The fraction of sp³-hybridized carbons (Fsp3) is 0.294. The van der Waals surface area contributed by atoms with Crippen molar-refractivity contribution < 1.29 is 9.32 Å². The fourth-order valence-corrected chi connectivity index (χ4v) is 4.11. The number of hydrogen-bond acceptors (Lipinski definition) is 5. The van der Waals surface area contributed by atoms with Crippen LogP contribution in [0.25, 0.3) is 10.4 Å². The highest BCUT2D eigenvalue weighted by Crippen LogP contribution is 2.29. The van der Waals surface area contributed by atoms with Gasteiger partial charge in [-0.3, -0.25) is 4.79 Å². The summed E-state index contributed by atoms with van der Waals surface area (Å²) in [6.07, 6.45) is 1.17. The molecule has 0 bridgehead atoms. The van der Waals surface area contributed by atoms with Crippen LogP contribution >= 0.6 is 22.7 Å². The first-order valence-corrected chi connectivity index (χ1v) is 9.19. The van der Waals surface area contributed by atoms with E-state index < -0.39 is 0 Å². The molecule has 23 heavy (non-hydrogen) atoms. The average molecular weight is 346 g/mol. The summed E-state index contributed by atoms with van der Waals surface area (Å²) in [5.74, 6) is 0.727. The van der Waals surface area contributed by atoms with E-state index in [0.717, 1.165) is 23.4 Å². The van der Waals surface area contributed by atoms with Gasteiger partial charge in [-0.1, -0.05) is 5.16 Å². The number of hydrogen-bond donors (Lipinski definition) is 1. The summed E-state index contributed by atoms with van der Waals surface area (Å²) in [6, 6.07) is 6.41. The zero-order valence-corrected chi connectivity index (χ0v) is 14.7. The standard InChI is InChI=1S/C17H18N2O2S2/c1-11-15(12(2)21-19-11)9-17(20)18-7-5-14-3-4-16(23-14)13-6-8-22-10-13/h3-4,6,8,10H,5,7,9H2,1-2H3,(H,18,20). The summed E-state index contributed by atoms with van der Waals surface area (Å²) in [6.45, 7) is 4.34. The Hall–Kier alpha value is -1.92. The summed E-state index contributed by atoms with van der Waals surface area (Å²) in [5.41, 5.74) is 2.95. The number of carbonyl (C=O) groups is 1. The lowest BCUT2D eigenvalue weighted by molar-refractivity contribution is -0.120. The third kappa shape index (κ3) is 3.89. The second-order valence-electron chi connectivity index (χ2n) is 5.36. The third-order valence-corrected chi connectivity index (χ3v) is 5.56. The molecular formula is C17H18N2O2S2. The minimum atomic E-state index is 0.00835. The Bertz CT molecular complexity index is 768. The van der Waals surface area contributed by atoms with Crippen molar-refractivity contribution in [2.24, 2.45) is 0 Å². The van der Waals surface area contributed by atoms with E-state index in [0.29, 0.717) is 13.0 Å². The number of nitrogens with zero attached hydrogens (tertiary/aromatic N) is 1. The highest BCUT2D eigenvalue weighted by molar-refractivity contribution is 7.16. The van der Waals surface area contributed by atoms with E-state index in [4.69, 9.17) is 4.52 Å². The number of amides is 1. The molecule has 1 N–H and O–H groups in total. The minimum Gasteiger partial charge on any atom is -0.361 e. The largest absolute Gasteiger partial charge is 0.361 e. The maximum Gasteiger partial charge on any atom is 0.224 e. The van der Waals surface area contributed by atoms with Gasteiger partial charge in [0.1, 0.15) is 5.76 Å². The summed E-state index contributed by atoms with van der Waals surface area (Å²) < 4.78 is 5.08. The van der Waals surface area contributed by atoms with Crippen molar-refractivity contribution in [3.63, 3.8) is 0 Å². The molecule has 0 aliphatic carbocycles. The van der Waals surface area contributed by atoms with Gasteiger partial charge in [0.15, 0.2) is 0 Å². The van der Waals surface area contributed by atoms with Crippen molar-refractivity contribution in [3.05, 3.63) is 50.9 Å². The van der Waals surface area contributed by atoms with Crippen LogP contribution in [0.2, 0.25) is 0 Å². The topological polar surface area (TPSA) is 55.1 Å². The summed E-state index contributed by atoms with van der Waals surface area (Å²) in [5, 5.41) is 11.1. The highest BCUT2D eigenvalue weighted by atomic mass is 32.1. The third-order valence-electron chi connectivity index (χ3n) is 3.68. The lowest BCUT2D eigenvalue weighted by Crippen LogP contribution is -2.27. The van der Waals surface area contributed by atoms with Crippen LogP contribution in [0.5, 0.6) is 0 Å². The Morgan fingerprint density at radius 3 is 2.87 bits per heavy atom. The molecule has 120 valence electrons. The minimum absolute atomic E-state index is 0.00835. The maximum atomic E-state index is 12.0. The zero-order chi connectivity index (χ0) is 16.2. The summed E-state index contributed by atoms with van der Waals surface area (Å²) >= 11 is 3.49. The van der Waals surface area contributed by atoms with Gasteiger partial charge in [-0.2, -0.15) is 11.3 Å². The Morgan fingerprint density at radius 2 is 2.17 bits per heavy atom. The zero-order valence-electron chi connectivity index (χ0n) is 13.1. The monoisotopic (exact) mass is 346 g/mol. The van der Waals surface area contributed by atoms with Crippen molar-refractivity contribution in [2.75, 3.05) is 6.54 Å². The SMILES string of the molecule is Cc1noc(C)c1CC(=O)NCCc1ccc(-c2ccsc2)s1. The smallest absolute Gasteiger partial charge is 0.224 e. The molecule has 3 heterocycles. The molecule has 0 aliphatic heterocycles. The second kappa shape index (κ2) is 7.10. The molecule has 0 aromatic carbocycles. The molecule has 0 fully saturated rings. The van der Waals surface area contributed by atoms with Gasteiger partial charge in [-0.15, -0.1) is 11.3 Å². The number of rotatable bonds is 6. The quantitative estimate of drug-likeness (QED) is 0.734. The van der Waals surface area contributed by atoms with Gasteiger partial charge >= 0.3 is 0 Å². The second-order valence-corrected chi connectivity index (χ2v) is 7.31. The van der Waals surface area contributed by atoms with E-state index in [1.54, 1.807) is 22.7 Å². The molecule has 0 saturated carbocycles. The molecule has 0 unspecified atom stereocenters. The van der Waals surface area contributed by atoms with Gasteiger partial charge in [0.25, 0.3) is 0 Å². The van der Waals surface area contributed by atoms with Gasteiger partial charge in [0, 0.05) is 27.4 Å². The Kier molecular flexibility index (Phi) is 4.93. The number of aryl methyl sites for hydroxylation is 2. The van der Waals surface area contributed by atoms with Crippen molar-refractivity contribution in [3.8, 4) is 10.4 Å². The van der Waals surface area contributed by atoms with E-state index in [1.165, 1.54) is 15.3 Å². The fourth-order valence-electron chi connectivity index (χ4n) is 2.37. The number of thiophene rings is 2. The normalized spacial score (nSPS) is 10.9. The van der Waals surface area contributed by atoms with Crippen LogP contribution in [-0.2, 0) is 17.6 Å². The molecule has 3 aromatic rings. The molecule has 6 heteroatoms. The van der Waals surface area contributed by atoms with Crippen LogP contribution < -0.4 is 5.32 Å². The predicted octanol–water partition coefficient (Wildman–Crippen LogP) is 3.98. The molecule has 0 aliphatic rings. The van der Waals surface area contributed by atoms with Crippen LogP contribution in [0.3, 0.4) is 0 Å². The summed E-state index contributed by atoms with van der Waals surface area (Å²) in [4.78, 5) is 14.6. The van der Waals surface area contributed by atoms with Gasteiger partial charge in [-0.25, -0.2) is 0 Å². The molecule has 0 saturated heterocycles. The van der Waals surface area contributed by atoms with E-state index in [1.807, 2.05) is 13.8 Å². The molecule has 3 rings (SSSR count). The lowest BCUT2D eigenvalue weighted by atomic mass is 10.1. The maximum absolute atomic E-state index is 12.0. The summed E-state index contributed by atoms with van der Waals surface area (Å²) in [7, 11) is 0. The number of aromatic nitrogens is 1. The van der Waals surface area contributed by atoms with E-state index in [2.05, 4.69) is 39.4 Å².